The molecule has 0 radical (unpaired) electrons. The number of hydrogen-bond acceptors (Lipinski definition) is 1. The van der Waals surface area contributed by atoms with E-state index < -0.39 is 0 Å². The molecule has 0 aliphatic heterocycles. The number of hydrogen-bond donors (Lipinski definition) is 0. The van der Waals surface area contributed by atoms with E-state index in [2.05, 4.69) is 0 Å². The molecule has 84 valence electrons. The third kappa shape index (κ3) is 1.66. The monoisotopic (exact) mass is 226 g/mol. The van der Waals surface area contributed by atoms with E-state index in [4.69, 9.17) is 0 Å². The highest BCUT2D eigenvalue weighted by Gasteiger charge is 2.20. The molecule has 0 heterocycles. The molecule has 2 heteroatoms. The molecule has 0 saturated heterocycles. The first-order chi connectivity index (χ1) is 8.25. The average molecular weight is 226 g/mol. The number of fused-ring (bicyclic) bond motifs is 2. The van der Waals surface area contributed by atoms with E-state index in [1.54, 1.807) is 6.07 Å². The molecular weight excluding hydrogens is 215 g/mol. The van der Waals surface area contributed by atoms with Crippen molar-refractivity contribution in [2.24, 2.45) is 0 Å². The largest absolute Gasteiger partial charge is 0.289 e. The van der Waals surface area contributed by atoms with Gasteiger partial charge < -0.3 is 0 Å². The lowest BCUT2D eigenvalue weighted by molar-refractivity contribution is 0.103. The van der Waals surface area contributed by atoms with Crippen molar-refractivity contribution in [3.05, 3.63) is 70.5 Å². The summed E-state index contributed by atoms with van der Waals surface area (Å²) in [5.74, 6) is -0.268. The van der Waals surface area contributed by atoms with Crippen molar-refractivity contribution in [2.45, 2.75) is 12.8 Å². The van der Waals surface area contributed by atoms with Crippen LogP contribution in [0.2, 0.25) is 0 Å². The van der Waals surface area contributed by atoms with Crippen LogP contribution in [0, 0.1) is 5.82 Å². The number of halogens is 1. The van der Waals surface area contributed by atoms with Crippen molar-refractivity contribution in [1.82, 2.24) is 0 Å². The summed E-state index contributed by atoms with van der Waals surface area (Å²) in [6.45, 7) is 0. The Bertz CT molecular complexity index is 602. The van der Waals surface area contributed by atoms with Crippen molar-refractivity contribution in [2.75, 3.05) is 0 Å². The second kappa shape index (κ2) is 3.81. The highest BCUT2D eigenvalue weighted by Crippen LogP contribution is 2.24. The van der Waals surface area contributed by atoms with Crippen LogP contribution in [0.15, 0.2) is 42.5 Å². The van der Waals surface area contributed by atoms with Gasteiger partial charge in [0.05, 0.1) is 0 Å². The van der Waals surface area contributed by atoms with Crippen LogP contribution in [0.1, 0.15) is 27.0 Å². The van der Waals surface area contributed by atoms with E-state index >= 15 is 0 Å². The van der Waals surface area contributed by atoms with Crippen molar-refractivity contribution < 1.29 is 9.18 Å². The molecule has 17 heavy (non-hydrogen) atoms. The fourth-order valence-electron chi connectivity index (χ4n) is 2.36. The predicted molar refractivity (Wildman–Crippen MR) is 63.7 cm³/mol. The topological polar surface area (TPSA) is 17.1 Å². The minimum Gasteiger partial charge on any atom is -0.289 e. The Morgan fingerprint density at radius 3 is 2.47 bits per heavy atom. The van der Waals surface area contributed by atoms with Crippen LogP contribution in [0.4, 0.5) is 4.39 Å². The maximum Gasteiger partial charge on any atom is 0.193 e. The molecule has 0 bridgehead atoms. The van der Waals surface area contributed by atoms with Gasteiger partial charge in [-0.15, -0.1) is 0 Å². The smallest absolute Gasteiger partial charge is 0.193 e. The number of ketones is 1. The Morgan fingerprint density at radius 1 is 0.882 bits per heavy atom. The molecule has 1 aliphatic rings. The van der Waals surface area contributed by atoms with Gasteiger partial charge >= 0.3 is 0 Å². The molecule has 0 saturated carbocycles. The molecule has 2 aromatic carbocycles. The van der Waals surface area contributed by atoms with Gasteiger partial charge in [0.15, 0.2) is 5.78 Å². The Hall–Kier alpha value is -1.96. The van der Waals surface area contributed by atoms with Crippen LogP contribution in [-0.2, 0) is 12.8 Å². The summed E-state index contributed by atoms with van der Waals surface area (Å²) < 4.78 is 13.2. The fraction of sp³-hybridized carbons (Fsp3) is 0.133. The summed E-state index contributed by atoms with van der Waals surface area (Å²) in [6.07, 6.45) is 1.51. The van der Waals surface area contributed by atoms with E-state index in [-0.39, 0.29) is 11.6 Å². The van der Waals surface area contributed by atoms with Gasteiger partial charge in [-0.2, -0.15) is 0 Å². The lowest BCUT2D eigenvalue weighted by Gasteiger charge is -2.04. The number of carbonyl (C=O) groups is 1. The first kappa shape index (κ1) is 10.2. The number of benzene rings is 2. The molecule has 2 aromatic rings. The van der Waals surface area contributed by atoms with Crippen molar-refractivity contribution in [3.63, 3.8) is 0 Å². The van der Waals surface area contributed by atoms with Gasteiger partial charge in [-0.1, -0.05) is 24.3 Å². The molecule has 0 N–H and O–H groups in total. The van der Waals surface area contributed by atoms with E-state index in [0.29, 0.717) is 5.56 Å². The predicted octanol–water partition coefficient (Wildman–Crippen LogP) is 3.16. The molecule has 0 aromatic heterocycles. The van der Waals surface area contributed by atoms with E-state index in [0.717, 1.165) is 29.5 Å². The third-order valence-electron chi connectivity index (χ3n) is 3.24. The molecular formula is C15H11FO. The zero-order valence-electron chi connectivity index (χ0n) is 9.24. The lowest BCUT2D eigenvalue weighted by atomic mass is 9.99. The van der Waals surface area contributed by atoms with Crippen molar-refractivity contribution in [3.8, 4) is 0 Å². The maximum atomic E-state index is 13.2. The number of rotatable bonds is 0. The Balaban J connectivity index is 2.20. The lowest BCUT2D eigenvalue weighted by Crippen LogP contribution is -2.04. The van der Waals surface area contributed by atoms with Gasteiger partial charge in [0, 0.05) is 11.1 Å². The second-order valence-corrected chi connectivity index (χ2v) is 4.29. The minimum atomic E-state index is -0.275. The number of carbonyl (C=O) groups excluding carboxylic acids is 1. The molecule has 1 aliphatic carbocycles. The first-order valence-corrected chi connectivity index (χ1v) is 5.67. The normalized spacial score (nSPS) is 13.8. The average Bonchev–Trinajstić information content (AvgIpc) is 2.48. The van der Waals surface area contributed by atoms with Crippen LogP contribution >= 0.6 is 0 Å². The molecule has 3 rings (SSSR count). The van der Waals surface area contributed by atoms with E-state index in [1.807, 2.05) is 24.3 Å². The standard InChI is InChI=1S/C15H11FO/c16-12-7-8-14-11(9-12)6-5-10-3-1-2-4-13(10)15(14)17/h1-4,7-9H,5-6H2. The van der Waals surface area contributed by atoms with Gasteiger partial charge in [0.2, 0.25) is 0 Å². The second-order valence-electron chi connectivity index (χ2n) is 4.29. The Kier molecular flexibility index (Phi) is 2.29. The molecule has 0 amide bonds. The van der Waals surface area contributed by atoms with Crippen molar-refractivity contribution >= 4 is 5.78 Å². The maximum absolute atomic E-state index is 13.2. The molecule has 0 unspecified atom stereocenters. The third-order valence-corrected chi connectivity index (χ3v) is 3.24. The highest BCUT2D eigenvalue weighted by molar-refractivity contribution is 6.11. The summed E-state index contributed by atoms with van der Waals surface area (Å²) in [5.41, 5.74) is 3.24. The Morgan fingerprint density at radius 2 is 1.59 bits per heavy atom. The SMILES string of the molecule is O=C1c2ccccc2CCc2cc(F)ccc21. The van der Waals surface area contributed by atoms with Gasteiger partial charge in [-0.25, -0.2) is 4.39 Å². The van der Waals surface area contributed by atoms with E-state index in [9.17, 15) is 9.18 Å². The molecule has 0 fully saturated rings. The van der Waals surface area contributed by atoms with Crippen LogP contribution in [0.5, 0.6) is 0 Å². The van der Waals surface area contributed by atoms with Crippen LogP contribution in [0.25, 0.3) is 0 Å². The van der Waals surface area contributed by atoms with Gasteiger partial charge in [0.25, 0.3) is 0 Å². The summed E-state index contributed by atoms with van der Waals surface area (Å²) in [5, 5.41) is 0. The van der Waals surface area contributed by atoms with Gasteiger partial charge in [-0.05, 0) is 42.2 Å². The van der Waals surface area contributed by atoms with Crippen LogP contribution in [0.3, 0.4) is 0 Å². The van der Waals surface area contributed by atoms with Crippen LogP contribution < -0.4 is 0 Å². The summed E-state index contributed by atoms with van der Waals surface area (Å²) in [4.78, 5) is 12.3. The minimum absolute atomic E-state index is 0.00750. The first-order valence-electron chi connectivity index (χ1n) is 5.67. The summed E-state index contributed by atoms with van der Waals surface area (Å²) in [6, 6.07) is 12.0. The van der Waals surface area contributed by atoms with E-state index in [1.165, 1.54) is 12.1 Å². The van der Waals surface area contributed by atoms with Gasteiger partial charge in [0.1, 0.15) is 5.82 Å². The molecule has 0 atom stereocenters. The zero-order valence-corrected chi connectivity index (χ0v) is 9.24. The zero-order chi connectivity index (χ0) is 11.8. The number of aryl methyl sites for hydroxylation is 2. The van der Waals surface area contributed by atoms with Gasteiger partial charge in [-0.3, -0.25) is 4.79 Å². The van der Waals surface area contributed by atoms with Crippen LogP contribution in [-0.4, -0.2) is 5.78 Å². The van der Waals surface area contributed by atoms with Crippen molar-refractivity contribution in [1.29, 1.82) is 0 Å². The Labute approximate surface area is 98.9 Å². The highest BCUT2D eigenvalue weighted by atomic mass is 19.1. The molecule has 1 nitrogen and oxygen atoms in total. The molecule has 0 spiro atoms. The quantitative estimate of drug-likeness (QED) is 0.674. The summed E-state index contributed by atoms with van der Waals surface area (Å²) >= 11 is 0. The fourth-order valence-corrected chi connectivity index (χ4v) is 2.36. The summed E-state index contributed by atoms with van der Waals surface area (Å²) in [7, 11) is 0.